The molecule has 1 aromatic heterocycles. The third-order valence-electron chi connectivity index (χ3n) is 3.69. The molecule has 1 heterocycles. The first-order valence-corrected chi connectivity index (χ1v) is 7.07. The predicted molar refractivity (Wildman–Crippen MR) is 73.9 cm³/mol. The van der Waals surface area contributed by atoms with E-state index in [1.165, 1.54) is 19.3 Å². The fourth-order valence-corrected chi connectivity index (χ4v) is 2.51. The summed E-state index contributed by atoms with van der Waals surface area (Å²) < 4.78 is 5.85. The molecule has 4 heteroatoms. The summed E-state index contributed by atoms with van der Waals surface area (Å²) in [4.78, 5) is 15.7. The van der Waals surface area contributed by atoms with E-state index in [0.29, 0.717) is 30.7 Å². The van der Waals surface area contributed by atoms with E-state index in [0.717, 1.165) is 6.42 Å². The lowest BCUT2D eigenvalue weighted by Gasteiger charge is -2.28. The predicted octanol–water partition coefficient (Wildman–Crippen LogP) is 2.41. The summed E-state index contributed by atoms with van der Waals surface area (Å²) >= 11 is 0. The number of amides is 1. The van der Waals surface area contributed by atoms with Crippen molar-refractivity contribution in [1.29, 1.82) is 0 Å². The fourth-order valence-electron chi connectivity index (χ4n) is 2.51. The molecule has 1 aliphatic carbocycles. The monoisotopic (exact) mass is 262 g/mol. The second-order valence-electron chi connectivity index (χ2n) is 5.16. The number of nitrogens with one attached hydrogen (secondary N) is 1. The lowest BCUT2D eigenvalue weighted by Crippen LogP contribution is -2.31. The lowest BCUT2D eigenvalue weighted by atomic mass is 9.88. The summed E-state index contributed by atoms with van der Waals surface area (Å²) in [5.41, 5.74) is 0.640. The zero-order valence-electron chi connectivity index (χ0n) is 11.5. The van der Waals surface area contributed by atoms with Gasteiger partial charge < -0.3 is 10.1 Å². The Morgan fingerprint density at radius 2 is 2.11 bits per heavy atom. The third-order valence-corrected chi connectivity index (χ3v) is 3.69. The van der Waals surface area contributed by atoms with E-state index in [4.69, 9.17) is 4.74 Å². The first kappa shape index (κ1) is 14.0. The molecule has 0 aliphatic heterocycles. The maximum atomic E-state index is 11.8. The van der Waals surface area contributed by atoms with E-state index in [2.05, 4.69) is 17.2 Å². The van der Waals surface area contributed by atoms with Crippen LogP contribution in [0.1, 0.15) is 43.0 Å². The first-order valence-electron chi connectivity index (χ1n) is 7.07. The van der Waals surface area contributed by atoms with Gasteiger partial charge in [-0.1, -0.05) is 19.8 Å². The summed E-state index contributed by atoms with van der Waals surface area (Å²) in [5, 5.41) is 2.86. The molecule has 0 radical (unpaired) electrons. The summed E-state index contributed by atoms with van der Waals surface area (Å²) in [6, 6.07) is 3.42. The van der Waals surface area contributed by atoms with Gasteiger partial charge in [0.2, 0.25) is 0 Å². The quantitative estimate of drug-likeness (QED) is 0.829. The Balaban J connectivity index is 1.65. The fraction of sp³-hybridized carbons (Fsp3) is 0.600. The summed E-state index contributed by atoms with van der Waals surface area (Å²) in [6.45, 7) is 3.40. The van der Waals surface area contributed by atoms with Crippen LogP contribution >= 0.6 is 0 Å². The zero-order chi connectivity index (χ0) is 13.5. The van der Waals surface area contributed by atoms with Crippen molar-refractivity contribution in [2.24, 2.45) is 5.92 Å². The maximum absolute atomic E-state index is 11.8. The van der Waals surface area contributed by atoms with E-state index in [1.54, 1.807) is 24.5 Å². The highest BCUT2D eigenvalue weighted by Crippen LogP contribution is 2.25. The van der Waals surface area contributed by atoms with Gasteiger partial charge in [-0.15, -0.1) is 0 Å². The topological polar surface area (TPSA) is 51.2 Å². The second-order valence-corrected chi connectivity index (χ2v) is 5.16. The van der Waals surface area contributed by atoms with E-state index >= 15 is 0 Å². The molecule has 2 rings (SSSR count). The minimum absolute atomic E-state index is 0.0670. The summed E-state index contributed by atoms with van der Waals surface area (Å²) in [5.74, 6) is 0.576. The van der Waals surface area contributed by atoms with Gasteiger partial charge in [0.05, 0.1) is 12.7 Å². The number of ether oxygens (including phenoxy) is 1. The van der Waals surface area contributed by atoms with Gasteiger partial charge in [-0.3, -0.25) is 9.78 Å². The number of nitrogens with zero attached hydrogens (tertiary/aromatic N) is 1. The Hall–Kier alpha value is -1.42. The molecule has 1 aromatic rings. The van der Waals surface area contributed by atoms with Crippen molar-refractivity contribution >= 4 is 5.91 Å². The molecular formula is C15H22N2O2. The van der Waals surface area contributed by atoms with Crippen LogP contribution < -0.4 is 5.32 Å². The van der Waals surface area contributed by atoms with Gasteiger partial charge in [0.25, 0.3) is 5.91 Å². The lowest BCUT2D eigenvalue weighted by molar-refractivity contribution is -0.00293. The van der Waals surface area contributed by atoms with Crippen molar-refractivity contribution in [3.63, 3.8) is 0 Å². The van der Waals surface area contributed by atoms with Crippen molar-refractivity contribution in [2.75, 3.05) is 13.2 Å². The van der Waals surface area contributed by atoms with Gasteiger partial charge in [0.15, 0.2) is 0 Å². The van der Waals surface area contributed by atoms with E-state index in [9.17, 15) is 4.79 Å². The van der Waals surface area contributed by atoms with Crippen LogP contribution in [0.25, 0.3) is 0 Å². The Bertz CT molecular complexity index is 394. The van der Waals surface area contributed by atoms with E-state index < -0.39 is 0 Å². The van der Waals surface area contributed by atoms with Gasteiger partial charge >= 0.3 is 0 Å². The number of pyridine rings is 1. The Morgan fingerprint density at radius 3 is 2.84 bits per heavy atom. The second kappa shape index (κ2) is 7.24. The van der Waals surface area contributed by atoms with Crippen LogP contribution in [0.3, 0.4) is 0 Å². The van der Waals surface area contributed by atoms with Crippen LogP contribution in [0.4, 0.5) is 0 Å². The molecule has 1 fully saturated rings. The van der Waals surface area contributed by atoms with Gasteiger partial charge in [-0.05, 0) is 30.9 Å². The smallest absolute Gasteiger partial charge is 0.251 e. The van der Waals surface area contributed by atoms with Gasteiger partial charge in [0, 0.05) is 24.5 Å². The highest BCUT2D eigenvalue weighted by molar-refractivity contribution is 5.93. The molecule has 2 unspecified atom stereocenters. The first-order chi connectivity index (χ1) is 9.27. The van der Waals surface area contributed by atoms with Crippen LogP contribution in [0.5, 0.6) is 0 Å². The van der Waals surface area contributed by atoms with Crippen molar-refractivity contribution in [3.05, 3.63) is 30.1 Å². The van der Waals surface area contributed by atoms with Crippen LogP contribution in [0, 0.1) is 5.92 Å². The standard InChI is InChI=1S/C15H22N2O2/c1-12-4-2-3-5-14(12)19-11-10-17-15(18)13-6-8-16-9-7-13/h6-9,12,14H,2-5,10-11H2,1H3,(H,17,18). The molecule has 0 bridgehead atoms. The Morgan fingerprint density at radius 1 is 1.37 bits per heavy atom. The van der Waals surface area contributed by atoms with Crippen LogP contribution in [0.15, 0.2) is 24.5 Å². The summed E-state index contributed by atoms with van der Waals surface area (Å²) in [7, 11) is 0. The highest BCUT2D eigenvalue weighted by atomic mass is 16.5. The summed E-state index contributed by atoms with van der Waals surface area (Å²) in [6.07, 6.45) is 8.60. The maximum Gasteiger partial charge on any atom is 0.251 e. The zero-order valence-corrected chi connectivity index (χ0v) is 11.5. The molecule has 2 atom stereocenters. The molecule has 1 N–H and O–H groups in total. The molecule has 0 saturated heterocycles. The largest absolute Gasteiger partial charge is 0.376 e. The van der Waals surface area contributed by atoms with Crippen LogP contribution in [-0.2, 0) is 4.74 Å². The Labute approximate surface area is 114 Å². The van der Waals surface area contributed by atoms with Gasteiger partial charge in [-0.2, -0.15) is 0 Å². The number of hydrogen-bond donors (Lipinski definition) is 1. The SMILES string of the molecule is CC1CCCCC1OCCNC(=O)c1ccncc1. The van der Waals surface area contributed by atoms with Crippen molar-refractivity contribution in [1.82, 2.24) is 10.3 Å². The molecule has 1 aliphatic rings. The number of hydrogen-bond acceptors (Lipinski definition) is 3. The number of rotatable bonds is 5. The Kier molecular flexibility index (Phi) is 5.33. The van der Waals surface area contributed by atoms with Crippen LogP contribution in [0.2, 0.25) is 0 Å². The third kappa shape index (κ3) is 4.31. The van der Waals surface area contributed by atoms with Crippen molar-refractivity contribution < 1.29 is 9.53 Å². The number of carbonyl (C=O) groups excluding carboxylic acids is 1. The number of aromatic nitrogens is 1. The van der Waals surface area contributed by atoms with Gasteiger partial charge in [0.1, 0.15) is 0 Å². The molecule has 1 amide bonds. The molecule has 104 valence electrons. The van der Waals surface area contributed by atoms with Gasteiger partial charge in [-0.25, -0.2) is 0 Å². The molecule has 0 spiro atoms. The minimum atomic E-state index is -0.0670. The van der Waals surface area contributed by atoms with Crippen molar-refractivity contribution in [2.45, 2.75) is 38.7 Å². The van der Waals surface area contributed by atoms with Crippen LogP contribution in [-0.4, -0.2) is 30.1 Å². The number of carbonyl (C=O) groups is 1. The molecule has 1 saturated carbocycles. The average molecular weight is 262 g/mol. The van der Waals surface area contributed by atoms with E-state index in [-0.39, 0.29) is 5.91 Å². The highest BCUT2D eigenvalue weighted by Gasteiger charge is 2.21. The normalized spacial score (nSPS) is 23.0. The van der Waals surface area contributed by atoms with Crippen molar-refractivity contribution in [3.8, 4) is 0 Å². The average Bonchev–Trinajstić information content (AvgIpc) is 2.46. The minimum Gasteiger partial charge on any atom is -0.376 e. The molecule has 4 nitrogen and oxygen atoms in total. The molecular weight excluding hydrogens is 240 g/mol. The molecule has 19 heavy (non-hydrogen) atoms. The molecule has 0 aromatic carbocycles. The van der Waals surface area contributed by atoms with E-state index in [1.807, 2.05) is 0 Å².